The molecule has 0 aromatic heterocycles. The SMILES string of the molecule is Oc1ccc2c(c1)O[C@H](c1cc(O)c(O)cc1[C@@H]1c3ccc(O)cc3O[C@H](c3ccc(O)c(O)c3)[C@H]1O)[C@@H](O)C2. The Morgan fingerprint density at radius 3 is 1.90 bits per heavy atom. The van der Waals surface area contributed by atoms with Crippen molar-refractivity contribution in [1.29, 1.82) is 0 Å². The van der Waals surface area contributed by atoms with E-state index in [1.54, 1.807) is 12.1 Å². The minimum Gasteiger partial charge on any atom is -0.508 e. The molecule has 5 atom stereocenters. The third-order valence-corrected chi connectivity index (χ3v) is 7.47. The molecule has 10 heteroatoms. The number of ether oxygens (including phenoxy) is 2. The van der Waals surface area contributed by atoms with Crippen molar-refractivity contribution >= 4 is 0 Å². The smallest absolute Gasteiger partial charge is 0.157 e. The van der Waals surface area contributed by atoms with Crippen molar-refractivity contribution in [3.05, 3.63) is 94.5 Å². The highest BCUT2D eigenvalue weighted by molar-refractivity contribution is 5.57. The lowest BCUT2D eigenvalue weighted by Crippen LogP contribution is -2.37. The summed E-state index contributed by atoms with van der Waals surface area (Å²) in [5, 5.41) is 83.9. The van der Waals surface area contributed by atoms with Crippen LogP contribution in [-0.2, 0) is 6.42 Å². The fraction of sp³-hybridized carbons (Fsp3) is 0.200. The number of phenols is 6. The molecule has 0 saturated heterocycles. The van der Waals surface area contributed by atoms with Gasteiger partial charge in [0.1, 0.15) is 29.1 Å². The predicted molar refractivity (Wildman–Crippen MR) is 140 cm³/mol. The molecule has 0 unspecified atom stereocenters. The molecule has 6 rings (SSSR count). The Morgan fingerprint density at radius 2 is 1.18 bits per heavy atom. The molecule has 8 N–H and O–H groups in total. The Kier molecular flexibility index (Phi) is 6.01. The second-order valence-electron chi connectivity index (χ2n) is 10.0. The van der Waals surface area contributed by atoms with E-state index >= 15 is 0 Å². The number of hydrogen-bond acceptors (Lipinski definition) is 10. The largest absolute Gasteiger partial charge is 0.508 e. The van der Waals surface area contributed by atoms with E-state index in [-0.39, 0.29) is 35.0 Å². The number of benzene rings is 4. The molecule has 2 aliphatic rings. The van der Waals surface area contributed by atoms with Crippen LogP contribution < -0.4 is 9.47 Å². The van der Waals surface area contributed by atoms with Crippen LogP contribution in [0.15, 0.2) is 66.7 Å². The molecule has 0 saturated carbocycles. The van der Waals surface area contributed by atoms with E-state index in [1.807, 2.05) is 0 Å². The summed E-state index contributed by atoms with van der Waals surface area (Å²) in [5.41, 5.74) is 2.02. The highest BCUT2D eigenvalue weighted by Crippen LogP contribution is 2.51. The van der Waals surface area contributed by atoms with Crippen LogP contribution in [0.3, 0.4) is 0 Å². The van der Waals surface area contributed by atoms with Crippen LogP contribution in [0.5, 0.6) is 46.0 Å². The van der Waals surface area contributed by atoms with Crippen LogP contribution in [-0.4, -0.2) is 53.1 Å². The van der Waals surface area contributed by atoms with E-state index in [1.165, 1.54) is 54.6 Å². The number of rotatable bonds is 3. The van der Waals surface area contributed by atoms with Crippen molar-refractivity contribution in [3.63, 3.8) is 0 Å². The van der Waals surface area contributed by atoms with Gasteiger partial charge in [-0.3, -0.25) is 0 Å². The van der Waals surface area contributed by atoms with Gasteiger partial charge in [0.25, 0.3) is 0 Å². The molecule has 0 amide bonds. The van der Waals surface area contributed by atoms with Crippen LogP contribution >= 0.6 is 0 Å². The maximum absolute atomic E-state index is 11.7. The standard InChI is InChI=1S/C30H26O10/c31-15-3-1-13-7-24(37)30(39-25(13)9-15)19-12-23(36)22(35)11-18(19)27-17-5-4-16(32)10-26(17)40-29(28(27)38)14-2-6-20(33)21(34)8-14/h1-6,8-12,24,27-38H,7H2/t24-,27-,28-,29+,30+/m0/s1. The second kappa shape index (κ2) is 9.44. The van der Waals surface area contributed by atoms with Gasteiger partial charge in [-0.25, -0.2) is 0 Å². The molecule has 0 radical (unpaired) electrons. The normalized spacial score (nSPS) is 23.4. The van der Waals surface area contributed by atoms with Gasteiger partial charge in [0.05, 0.1) is 6.10 Å². The lowest BCUT2D eigenvalue weighted by Gasteiger charge is -2.39. The fourth-order valence-corrected chi connectivity index (χ4v) is 5.55. The Morgan fingerprint density at radius 1 is 0.550 bits per heavy atom. The van der Waals surface area contributed by atoms with Crippen LogP contribution in [0.1, 0.15) is 45.9 Å². The van der Waals surface area contributed by atoms with Gasteiger partial charge in [-0.15, -0.1) is 0 Å². The molecule has 0 aliphatic carbocycles. The van der Waals surface area contributed by atoms with Gasteiger partial charge in [-0.05, 0) is 53.1 Å². The zero-order valence-electron chi connectivity index (χ0n) is 20.8. The lowest BCUT2D eigenvalue weighted by atomic mass is 9.76. The van der Waals surface area contributed by atoms with Crippen molar-refractivity contribution in [2.45, 2.75) is 36.8 Å². The van der Waals surface area contributed by atoms with E-state index in [0.29, 0.717) is 28.0 Å². The van der Waals surface area contributed by atoms with E-state index in [2.05, 4.69) is 0 Å². The van der Waals surface area contributed by atoms with Gasteiger partial charge >= 0.3 is 0 Å². The molecule has 206 valence electrons. The first kappa shape index (κ1) is 25.5. The number of phenolic OH excluding ortho intramolecular Hbond substituents is 6. The summed E-state index contributed by atoms with van der Waals surface area (Å²) in [7, 11) is 0. The number of aromatic hydroxyl groups is 6. The average molecular weight is 547 g/mol. The van der Waals surface area contributed by atoms with Crippen LogP contribution in [0.2, 0.25) is 0 Å². The summed E-state index contributed by atoms with van der Waals surface area (Å²) in [6, 6.07) is 15.4. The predicted octanol–water partition coefficient (Wildman–Crippen LogP) is 3.58. The Balaban J connectivity index is 1.52. The van der Waals surface area contributed by atoms with Crippen LogP contribution in [0.25, 0.3) is 0 Å². The Bertz CT molecular complexity index is 1620. The molecule has 40 heavy (non-hydrogen) atoms. The first-order chi connectivity index (χ1) is 19.1. The maximum atomic E-state index is 11.7. The number of aliphatic hydroxyl groups excluding tert-OH is 2. The lowest BCUT2D eigenvalue weighted by molar-refractivity contribution is 0.00393. The van der Waals surface area contributed by atoms with Crippen molar-refractivity contribution < 1.29 is 50.3 Å². The summed E-state index contributed by atoms with van der Waals surface area (Å²) >= 11 is 0. The van der Waals surface area contributed by atoms with Crippen molar-refractivity contribution in [2.75, 3.05) is 0 Å². The molecule has 4 aromatic carbocycles. The topological polar surface area (TPSA) is 180 Å². The monoisotopic (exact) mass is 546 g/mol. The molecule has 2 heterocycles. The van der Waals surface area contributed by atoms with Crippen molar-refractivity contribution in [3.8, 4) is 46.0 Å². The average Bonchev–Trinajstić information content (AvgIpc) is 2.91. The van der Waals surface area contributed by atoms with Crippen molar-refractivity contribution in [2.24, 2.45) is 0 Å². The molecule has 0 bridgehead atoms. The Hall–Kier alpha value is -4.80. The summed E-state index contributed by atoms with van der Waals surface area (Å²) in [6.07, 6.45) is -4.40. The van der Waals surface area contributed by atoms with Gasteiger partial charge in [0.2, 0.25) is 0 Å². The van der Waals surface area contributed by atoms with Crippen LogP contribution in [0, 0.1) is 0 Å². The number of hydrogen-bond donors (Lipinski definition) is 8. The second-order valence-corrected chi connectivity index (χ2v) is 10.0. The molecular weight excluding hydrogens is 520 g/mol. The molecular formula is C30H26O10. The summed E-state index contributed by atoms with van der Waals surface area (Å²) < 4.78 is 12.2. The third-order valence-electron chi connectivity index (χ3n) is 7.47. The molecule has 0 spiro atoms. The minimum absolute atomic E-state index is 0.0313. The first-order valence-electron chi connectivity index (χ1n) is 12.5. The summed E-state index contributed by atoms with van der Waals surface area (Å²) in [4.78, 5) is 0. The number of fused-ring (bicyclic) bond motifs is 2. The Labute approximate surface area is 227 Å². The molecule has 10 nitrogen and oxygen atoms in total. The van der Waals surface area contributed by atoms with Gasteiger partial charge in [0, 0.05) is 35.6 Å². The van der Waals surface area contributed by atoms with Gasteiger partial charge < -0.3 is 50.3 Å². The fourth-order valence-electron chi connectivity index (χ4n) is 5.55. The molecule has 2 aliphatic heterocycles. The van der Waals surface area contributed by atoms with E-state index in [0.717, 1.165) is 0 Å². The third kappa shape index (κ3) is 4.23. The highest BCUT2D eigenvalue weighted by Gasteiger charge is 2.43. The highest BCUT2D eigenvalue weighted by atomic mass is 16.5. The van der Waals surface area contributed by atoms with Gasteiger partial charge in [0.15, 0.2) is 35.2 Å². The molecule has 0 fully saturated rings. The maximum Gasteiger partial charge on any atom is 0.157 e. The zero-order valence-corrected chi connectivity index (χ0v) is 20.8. The summed E-state index contributed by atoms with van der Waals surface area (Å²) in [6.45, 7) is 0. The zero-order chi connectivity index (χ0) is 28.3. The van der Waals surface area contributed by atoms with Gasteiger partial charge in [-0.1, -0.05) is 18.2 Å². The first-order valence-corrected chi connectivity index (χ1v) is 12.5. The summed E-state index contributed by atoms with van der Waals surface area (Å²) in [5.74, 6) is -2.24. The quantitative estimate of drug-likeness (QED) is 0.177. The minimum atomic E-state index is -1.35. The van der Waals surface area contributed by atoms with Gasteiger partial charge in [-0.2, -0.15) is 0 Å². The van der Waals surface area contributed by atoms with Crippen LogP contribution in [0.4, 0.5) is 0 Å². The van der Waals surface area contributed by atoms with Crippen molar-refractivity contribution in [1.82, 2.24) is 0 Å². The van der Waals surface area contributed by atoms with E-state index in [9.17, 15) is 40.9 Å². The van der Waals surface area contributed by atoms with E-state index < -0.39 is 47.6 Å². The molecule has 4 aromatic rings. The van der Waals surface area contributed by atoms with E-state index in [4.69, 9.17) is 9.47 Å². The number of aliphatic hydroxyl groups is 2.